The van der Waals surface area contributed by atoms with Gasteiger partial charge in [-0.3, -0.25) is 9.88 Å². The molecule has 3 fully saturated rings. The van der Waals surface area contributed by atoms with E-state index in [-0.39, 0.29) is 12.0 Å². The first kappa shape index (κ1) is 16.8. The van der Waals surface area contributed by atoms with Crippen molar-refractivity contribution in [3.8, 4) is 5.75 Å². The van der Waals surface area contributed by atoms with Crippen molar-refractivity contribution in [2.75, 3.05) is 20.2 Å². The van der Waals surface area contributed by atoms with Crippen LogP contribution in [0.25, 0.3) is 10.9 Å². The minimum atomic E-state index is -0.599. The van der Waals surface area contributed by atoms with Crippen LogP contribution in [0.5, 0.6) is 5.75 Å². The fourth-order valence-electron chi connectivity index (χ4n) is 4.68. The van der Waals surface area contributed by atoms with Gasteiger partial charge in [-0.1, -0.05) is 6.92 Å². The van der Waals surface area contributed by atoms with Crippen LogP contribution >= 0.6 is 0 Å². The Morgan fingerprint density at radius 1 is 1.40 bits per heavy atom. The zero-order chi connectivity index (χ0) is 17.6. The van der Waals surface area contributed by atoms with Crippen LogP contribution in [0, 0.1) is 5.92 Å². The number of aromatic nitrogens is 1. The molecule has 0 spiro atoms. The number of benzene rings is 1. The second kappa shape index (κ2) is 6.24. The van der Waals surface area contributed by atoms with Crippen molar-refractivity contribution in [3.05, 3.63) is 36.0 Å². The Labute approximate surface area is 148 Å². The fourth-order valence-corrected chi connectivity index (χ4v) is 4.68. The molecule has 5 atom stereocenters. The van der Waals surface area contributed by atoms with E-state index < -0.39 is 11.7 Å². The van der Waals surface area contributed by atoms with Gasteiger partial charge in [0.05, 0.1) is 24.3 Å². The van der Waals surface area contributed by atoms with E-state index >= 15 is 0 Å². The first-order chi connectivity index (χ1) is 12.1. The van der Waals surface area contributed by atoms with Crippen LogP contribution < -0.4 is 4.74 Å². The minimum absolute atomic E-state index is 0.0439. The number of piperidine rings is 3. The topological polar surface area (TPSA) is 65.8 Å². The first-order valence-electron chi connectivity index (χ1n) is 9.13. The second-order valence-electron chi connectivity index (χ2n) is 7.44. The monoisotopic (exact) mass is 342 g/mol. The Bertz CT molecular complexity index is 781. The molecule has 4 heterocycles. The standard InChI is InChI=1S/C20H26N2O3/c1-3-20(24)12-22-9-7-13(20)10-18(22)19(23)15-6-8-21-17-5-4-14(25-2)11-16(15)17/h4-6,8,11,13,18-19,23-24H,3,7,9-10,12H2,1-2H3/t13-,18+,19-,20-/m1/s1. The van der Waals surface area contributed by atoms with Gasteiger partial charge in [0.25, 0.3) is 0 Å². The number of fused-ring (bicyclic) bond motifs is 4. The molecule has 0 amide bonds. The van der Waals surface area contributed by atoms with Crippen molar-refractivity contribution in [1.82, 2.24) is 9.88 Å². The highest BCUT2D eigenvalue weighted by Gasteiger charge is 2.50. The van der Waals surface area contributed by atoms with Gasteiger partial charge in [0, 0.05) is 24.2 Å². The van der Waals surface area contributed by atoms with Crippen LogP contribution in [0.3, 0.4) is 0 Å². The lowest BCUT2D eigenvalue weighted by atomic mass is 9.69. The van der Waals surface area contributed by atoms with Crippen molar-refractivity contribution in [3.63, 3.8) is 0 Å². The molecule has 25 heavy (non-hydrogen) atoms. The number of aliphatic hydroxyl groups excluding tert-OH is 1. The Hall–Kier alpha value is -1.69. The fraction of sp³-hybridized carbons (Fsp3) is 0.550. The summed E-state index contributed by atoms with van der Waals surface area (Å²) < 4.78 is 5.34. The van der Waals surface area contributed by atoms with E-state index in [1.165, 1.54) is 0 Å². The van der Waals surface area contributed by atoms with E-state index in [1.54, 1.807) is 13.3 Å². The molecule has 2 N–H and O–H groups in total. The van der Waals surface area contributed by atoms with Gasteiger partial charge in [-0.15, -0.1) is 0 Å². The predicted octanol–water partition coefficient (Wildman–Crippen LogP) is 2.51. The third kappa shape index (κ3) is 2.71. The maximum Gasteiger partial charge on any atom is 0.119 e. The number of hydrogen-bond acceptors (Lipinski definition) is 5. The molecule has 0 radical (unpaired) electrons. The lowest BCUT2D eigenvalue weighted by Gasteiger charge is -2.55. The number of rotatable bonds is 4. The van der Waals surface area contributed by atoms with Gasteiger partial charge in [-0.2, -0.15) is 0 Å². The number of pyridine rings is 1. The van der Waals surface area contributed by atoms with Crippen LogP contribution in [0.2, 0.25) is 0 Å². The van der Waals surface area contributed by atoms with Crippen LogP contribution in [-0.2, 0) is 0 Å². The SMILES string of the molecule is CC[C@@]1(O)CN2CC[C@@H]1C[C@H]2[C@H](O)c1ccnc2ccc(OC)cc12. The maximum absolute atomic E-state index is 11.2. The Morgan fingerprint density at radius 3 is 2.92 bits per heavy atom. The molecule has 1 aromatic heterocycles. The second-order valence-corrected chi connectivity index (χ2v) is 7.44. The molecule has 3 aliphatic rings. The smallest absolute Gasteiger partial charge is 0.119 e. The van der Waals surface area contributed by atoms with Gasteiger partial charge < -0.3 is 14.9 Å². The van der Waals surface area contributed by atoms with Crippen molar-refractivity contribution in [2.45, 2.75) is 43.9 Å². The molecular formula is C20H26N2O3. The average molecular weight is 342 g/mol. The minimum Gasteiger partial charge on any atom is -0.497 e. The molecule has 5 rings (SSSR count). The van der Waals surface area contributed by atoms with Gasteiger partial charge in [0.1, 0.15) is 5.75 Å². The Morgan fingerprint density at radius 2 is 2.24 bits per heavy atom. The molecule has 5 heteroatoms. The summed E-state index contributed by atoms with van der Waals surface area (Å²) in [5.41, 5.74) is 1.15. The molecule has 3 aliphatic heterocycles. The lowest BCUT2D eigenvalue weighted by Crippen LogP contribution is -2.63. The molecule has 1 aromatic carbocycles. The molecule has 5 nitrogen and oxygen atoms in total. The van der Waals surface area contributed by atoms with Gasteiger partial charge in [0.2, 0.25) is 0 Å². The average Bonchev–Trinajstić information content (AvgIpc) is 2.66. The molecule has 2 bridgehead atoms. The number of nitrogens with zero attached hydrogens (tertiary/aromatic N) is 2. The number of aliphatic hydroxyl groups is 2. The van der Waals surface area contributed by atoms with E-state index in [0.717, 1.165) is 48.0 Å². The van der Waals surface area contributed by atoms with Crippen LogP contribution in [0.4, 0.5) is 0 Å². The van der Waals surface area contributed by atoms with Crippen molar-refractivity contribution in [2.24, 2.45) is 5.92 Å². The molecule has 0 aliphatic carbocycles. The van der Waals surface area contributed by atoms with E-state index in [2.05, 4.69) is 16.8 Å². The van der Waals surface area contributed by atoms with Crippen molar-refractivity contribution in [1.29, 1.82) is 0 Å². The van der Waals surface area contributed by atoms with E-state index in [1.807, 2.05) is 24.3 Å². The largest absolute Gasteiger partial charge is 0.497 e. The third-order valence-corrected chi connectivity index (χ3v) is 6.27. The van der Waals surface area contributed by atoms with Gasteiger partial charge in [0.15, 0.2) is 0 Å². The van der Waals surface area contributed by atoms with E-state index in [9.17, 15) is 10.2 Å². The quantitative estimate of drug-likeness (QED) is 0.894. The molecule has 1 unspecified atom stereocenters. The van der Waals surface area contributed by atoms with E-state index in [4.69, 9.17) is 4.74 Å². The van der Waals surface area contributed by atoms with Gasteiger partial charge >= 0.3 is 0 Å². The zero-order valence-electron chi connectivity index (χ0n) is 14.9. The van der Waals surface area contributed by atoms with Crippen LogP contribution in [0.1, 0.15) is 37.9 Å². The predicted molar refractivity (Wildman–Crippen MR) is 96.6 cm³/mol. The highest BCUT2D eigenvalue weighted by atomic mass is 16.5. The van der Waals surface area contributed by atoms with Gasteiger partial charge in [-0.05, 0) is 61.6 Å². The third-order valence-electron chi connectivity index (χ3n) is 6.27. The lowest BCUT2D eigenvalue weighted by molar-refractivity contribution is -0.153. The summed E-state index contributed by atoms with van der Waals surface area (Å²) in [6.45, 7) is 3.65. The summed E-state index contributed by atoms with van der Waals surface area (Å²) in [7, 11) is 1.64. The highest BCUT2D eigenvalue weighted by Crippen LogP contribution is 2.44. The van der Waals surface area contributed by atoms with Crippen LogP contribution in [0.15, 0.2) is 30.5 Å². The number of methoxy groups -OCH3 is 1. The van der Waals surface area contributed by atoms with E-state index in [0.29, 0.717) is 6.54 Å². The van der Waals surface area contributed by atoms with Crippen molar-refractivity contribution >= 4 is 10.9 Å². The summed E-state index contributed by atoms with van der Waals surface area (Å²) in [5.74, 6) is 1.03. The highest BCUT2D eigenvalue weighted by molar-refractivity contribution is 5.83. The molecule has 3 saturated heterocycles. The summed E-state index contributed by atoms with van der Waals surface area (Å²) in [6.07, 6.45) is 3.78. The summed E-state index contributed by atoms with van der Waals surface area (Å²) in [6, 6.07) is 7.70. The number of ether oxygens (including phenoxy) is 1. The molecule has 2 aromatic rings. The summed E-state index contributed by atoms with van der Waals surface area (Å²) in [5, 5.41) is 22.9. The molecular weight excluding hydrogens is 316 g/mol. The number of hydrogen-bond donors (Lipinski definition) is 2. The summed E-state index contributed by atoms with van der Waals surface area (Å²) in [4.78, 5) is 6.67. The maximum atomic E-state index is 11.2. The van der Waals surface area contributed by atoms with Crippen molar-refractivity contribution < 1.29 is 14.9 Å². The zero-order valence-corrected chi connectivity index (χ0v) is 14.9. The summed E-state index contributed by atoms with van der Waals surface area (Å²) >= 11 is 0. The molecule has 0 saturated carbocycles. The first-order valence-corrected chi connectivity index (χ1v) is 9.13. The normalized spacial score (nSPS) is 32.7. The Balaban J connectivity index is 1.68. The van der Waals surface area contributed by atoms with Gasteiger partial charge in [-0.25, -0.2) is 0 Å². The van der Waals surface area contributed by atoms with Crippen LogP contribution in [-0.4, -0.2) is 51.9 Å². The molecule has 134 valence electrons. The Kier molecular flexibility index (Phi) is 4.18.